The molecule has 31 heavy (non-hydrogen) atoms. The predicted octanol–water partition coefficient (Wildman–Crippen LogP) is 5.66. The molecule has 0 saturated heterocycles. The summed E-state index contributed by atoms with van der Waals surface area (Å²) in [5.74, 6) is -1.02. The van der Waals surface area contributed by atoms with Gasteiger partial charge in [-0.05, 0) is 43.3 Å². The minimum atomic E-state index is -0.585. The van der Waals surface area contributed by atoms with Gasteiger partial charge in [-0.25, -0.2) is 9.78 Å². The standard InChI is InChI=1S/C25H19ClN2O3/c1-16-6-8-17(9-7-16)23-14-21(20-4-2-3-5-22(20)28-23)25(30)31-15-24(29)27-19-12-10-18(26)11-13-19/h2-14H,15H2,1H3,(H,27,29). The van der Waals surface area contributed by atoms with E-state index >= 15 is 0 Å². The number of amides is 1. The summed E-state index contributed by atoms with van der Waals surface area (Å²) in [6, 6.07) is 23.6. The number of carbonyl (C=O) groups excluding carboxylic acids is 2. The number of aromatic nitrogens is 1. The maximum atomic E-state index is 12.9. The Morgan fingerprint density at radius 3 is 2.42 bits per heavy atom. The van der Waals surface area contributed by atoms with E-state index in [1.54, 1.807) is 30.3 Å². The third kappa shape index (κ3) is 4.90. The zero-order valence-electron chi connectivity index (χ0n) is 16.8. The maximum Gasteiger partial charge on any atom is 0.339 e. The average molecular weight is 431 g/mol. The number of hydrogen-bond donors (Lipinski definition) is 1. The van der Waals surface area contributed by atoms with Crippen molar-refractivity contribution in [2.45, 2.75) is 6.92 Å². The van der Waals surface area contributed by atoms with Crippen molar-refractivity contribution < 1.29 is 14.3 Å². The lowest BCUT2D eigenvalue weighted by Crippen LogP contribution is -2.21. The maximum absolute atomic E-state index is 12.9. The average Bonchev–Trinajstić information content (AvgIpc) is 2.79. The van der Waals surface area contributed by atoms with Gasteiger partial charge in [-0.2, -0.15) is 0 Å². The lowest BCUT2D eigenvalue weighted by atomic mass is 10.0. The summed E-state index contributed by atoms with van der Waals surface area (Å²) in [4.78, 5) is 29.7. The number of carbonyl (C=O) groups is 2. The zero-order valence-corrected chi connectivity index (χ0v) is 17.5. The summed E-state index contributed by atoms with van der Waals surface area (Å²) in [5.41, 5.74) is 4.30. The van der Waals surface area contributed by atoms with E-state index in [0.717, 1.165) is 11.1 Å². The fraction of sp³-hybridized carbons (Fsp3) is 0.0800. The summed E-state index contributed by atoms with van der Waals surface area (Å²) in [6.45, 7) is 1.60. The van der Waals surface area contributed by atoms with Crippen LogP contribution in [0.3, 0.4) is 0 Å². The molecule has 4 rings (SSSR count). The fourth-order valence-corrected chi connectivity index (χ4v) is 3.28. The largest absolute Gasteiger partial charge is 0.452 e. The second-order valence-corrected chi connectivity index (χ2v) is 7.51. The molecule has 0 aliphatic rings. The van der Waals surface area contributed by atoms with Crippen LogP contribution in [0.25, 0.3) is 22.2 Å². The monoisotopic (exact) mass is 430 g/mol. The summed E-state index contributed by atoms with van der Waals surface area (Å²) in [7, 11) is 0. The van der Waals surface area contributed by atoms with E-state index in [9.17, 15) is 9.59 Å². The van der Waals surface area contributed by atoms with E-state index in [0.29, 0.717) is 32.9 Å². The molecule has 1 N–H and O–H groups in total. The number of para-hydroxylation sites is 1. The molecule has 0 aliphatic carbocycles. The molecule has 4 aromatic rings. The highest BCUT2D eigenvalue weighted by Crippen LogP contribution is 2.25. The van der Waals surface area contributed by atoms with E-state index in [1.165, 1.54) is 0 Å². The van der Waals surface area contributed by atoms with Crippen LogP contribution >= 0.6 is 11.6 Å². The number of anilines is 1. The zero-order chi connectivity index (χ0) is 21.8. The number of nitrogens with zero attached hydrogens (tertiary/aromatic N) is 1. The van der Waals surface area contributed by atoms with Gasteiger partial charge < -0.3 is 10.1 Å². The molecule has 0 radical (unpaired) electrons. The van der Waals surface area contributed by atoms with Gasteiger partial charge in [0.15, 0.2) is 6.61 Å². The molecule has 5 nitrogen and oxygen atoms in total. The molecular formula is C25H19ClN2O3. The molecular weight excluding hydrogens is 412 g/mol. The molecule has 6 heteroatoms. The Balaban J connectivity index is 1.55. The van der Waals surface area contributed by atoms with Crippen LogP contribution in [-0.4, -0.2) is 23.5 Å². The van der Waals surface area contributed by atoms with Crippen molar-refractivity contribution in [2.75, 3.05) is 11.9 Å². The first-order valence-electron chi connectivity index (χ1n) is 9.69. The molecule has 0 fully saturated rings. The van der Waals surface area contributed by atoms with Gasteiger partial charge in [0.25, 0.3) is 5.91 Å². The van der Waals surface area contributed by atoms with Crippen LogP contribution in [0.15, 0.2) is 78.9 Å². The van der Waals surface area contributed by atoms with Crippen molar-refractivity contribution in [3.8, 4) is 11.3 Å². The third-order valence-corrected chi connectivity index (χ3v) is 5.00. The number of ether oxygens (including phenoxy) is 1. The van der Waals surface area contributed by atoms with Gasteiger partial charge in [0.05, 0.1) is 16.8 Å². The first-order chi connectivity index (χ1) is 15.0. The Bertz CT molecular complexity index is 1250. The number of nitrogens with one attached hydrogen (secondary N) is 1. The number of halogens is 1. The number of esters is 1. The van der Waals surface area contributed by atoms with Gasteiger partial charge in [-0.15, -0.1) is 0 Å². The van der Waals surface area contributed by atoms with E-state index in [4.69, 9.17) is 16.3 Å². The summed E-state index contributed by atoms with van der Waals surface area (Å²) >= 11 is 5.84. The topological polar surface area (TPSA) is 68.3 Å². The number of rotatable bonds is 5. The van der Waals surface area contributed by atoms with Crippen LogP contribution in [-0.2, 0) is 9.53 Å². The van der Waals surface area contributed by atoms with Crippen LogP contribution in [0.5, 0.6) is 0 Å². The number of fused-ring (bicyclic) bond motifs is 1. The number of aryl methyl sites for hydroxylation is 1. The lowest BCUT2D eigenvalue weighted by Gasteiger charge is -2.11. The van der Waals surface area contributed by atoms with Crippen LogP contribution in [0.1, 0.15) is 15.9 Å². The van der Waals surface area contributed by atoms with Crippen LogP contribution in [0, 0.1) is 6.92 Å². The van der Waals surface area contributed by atoms with E-state index in [-0.39, 0.29) is 0 Å². The number of hydrogen-bond acceptors (Lipinski definition) is 4. The van der Waals surface area contributed by atoms with Crippen molar-refractivity contribution in [2.24, 2.45) is 0 Å². The number of benzene rings is 3. The van der Waals surface area contributed by atoms with Gasteiger partial charge in [0, 0.05) is 21.7 Å². The molecule has 0 saturated carbocycles. The first kappa shape index (κ1) is 20.6. The van der Waals surface area contributed by atoms with Crippen LogP contribution < -0.4 is 5.32 Å². The second kappa shape index (κ2) is 8.98. The van der Waals surface area contributed by atoms with Crippen LogP contribution in [0.2, 0.25) is 5.02 Å². The predicted molar refractivity (Wildman–Crippen MR) is 122 cm³/mol. The van der Waals surface area contributed by atoms with E-state index in [2.05, 4.69) is 10.3 Å². The molecule has 0 spiro atoms. The second-order valence-electron chi connectivity index (χ2n) is 7.07. The van der Waals surface area contributed by atoms with Gasteiger partial charge in [0.2, 0.25) is 0 Å². The quantitative estimate of drug-likeness (QED) is 0.415. The van der Waals surface area contributed by atoms with Crippen molar-refractivity contribution >= 4 is 40.1 Å². The Kier molecular flexibility index (Phi) is 5.96. The molecule has 1 aromatic heterocycles. The van der Waals surface area contributed by atoms with Crippen molar-refractivity contribution in [1.82, 2.24) is 4.98 Å². The molecule has 0 aliphatic heterocycles. The highest BCUT2D eigenvalue weighted by atomic mass is 35.5. The Hall–Kier alpha value is -3.70. The summed E-state index contributed by atoms with van der Waals surface area (Å²) in [6.07, 6.45) is 0. The molecule has 0 atom stereocenters. The van der Waals surface area contributed by atoms with Crippen LogP contribution in [0.4, 0.5) is 5.69 Å². The lowest BCUT2D eigenvalue weighted by molar-refractivity contribution is -0.119. The van der Waals surface area contributed by atoms with E-state index in [1.807, 2.05) is 55.5 Å². The molecule has 154 valence electrons. The van der Waals surface area contributed by atoms with Gasteiger partial charge >= 0.3 is 5.97 Å². The molecule has 0 bridgehead atoms. The third-order valence-electron chi connectivity index (χ3n) is 4.75. The SMILES string of the molecule is Cc1ccc(-c2cc(C(=O)OCC(=O)Nc3ccc(Cl)cc3)c3ccccc3n2)cc1. The number of pyridine rings is 1. The van der Waals surface area contributed by atoms with Crippen molar-refractivity contribution in [3.05, 3.63) is 95.0 Å². The minimum Gasteiger partial charge on any atom is -0.452 e. The molecule has 1 amide bonds. The highest BCUT2D eigenvalue weighted by molar-refractivity contribution is 6.30. The molecule has 1 heterocycles. The smallest absolute Gasteiger partial charge is 0.339 e. The Morgan fingerprint density at radius 2 is 1.68 bits per heavy atom. The normalized spacial score (nSPS) is 10.6. The van der Waals surface area contributed by atoms with Gasteiger partial charge in [-0.3, -0.25) is 4.79 Å². The first-order valence-corrected chi connectivity index (χ1v) is 10.1. The fourth-order valence-electron chi connectivity index (χ4n) is 3.16. The molecule has 3 aromatic carbocycles. The Labute approximate surface area is 184 Å². The molecule has 0 unspecified atom stereocenters. The van der Waals surface area contributed by atoms with Gasteiger partial charge in [0.1, 0.15) is 0 Å². The van der Waals surface area contributed by atoms with Crippen molar-refractivity contribution in [3.63, 3.8) is 0 Å². The highest BCUT2D eigenvalue weighted by Gasteiger charge is 2.16. The minimum absolute atomic E-state index is 0.362. The summed E-state index contributed by atoms with van der Waals surface area (Å²) < 4.78 is 5.30. The summed E-state index contributed by atoms with van der Waals surface area (Å²) in [5, 5.41) is 3.90. The van der Waals surface area contributed by atoms with E-state index < -0.39 is 18.5 Å². The van der Waals surface area contributed by atoms with Crippen molar-refractivity contribution in [1.29, 1.82) is 0 Å². The Morgan fingerprint density at radius 1 is 0.968 bits per heavy atom. The van der Waals surface area contributed by atoms with Gasteiger partial charge in [-0.1, -0.05) is 59.6 Å².